The lowest BCUT2D eigenvalue weighted by Crippen LogP contribution is -2.26. The molecule has 0 radical (unpaired) electrons. The highest BCUT2D eigenvalue weighted by molar-refractivity contribution is 5.85. The molecule has 0 aliphatic rings. The highest BCUT2D eigenvalue weighted by Crippen LogP contribution is 2.10. The number of esters is 1. The maximum absolute atomic E-state index is 10.9. The lowest BCUT2D eigenvalue weighted by molar-refractivity contribution is -0.139. The van der Waals surface area contributed by atoms with Gasteiger partial charge in [0, 0.05) is 6.04 Å². The zero-order chi connectivity index (χ0) is 10.4. The van der Waals surface area contributed by atoms with Crippen LogP contribution in [0.15, 0.2) is 30.3 Å². The molecule has 0 bridgehead atoms. The van der Waals surface area contributed by atoms with Crippen LogP contribution in [0, 0.1) is 0 Å². The van der Waals surface area contributed by atoms with E-state index in [1.54, 1.807) is 0 Å². The van der Waals surface area contributed by atoms with E-state index < -0.39 is 0 Å². The molecule has 84 valence electrons. The van der Waals surface area contributed by atoms with E-state index in [9.17, 15) is 4.79 Å². The van der Waals surface area contributed by atoms with E-state index in [1.165, 1.54) is 7.11 Å². The summed E-state index contributed by atoms with van der Waals surface area (Å²) in [6.07, 6.45) is 0. The van der Waals surface area contributed by atoms with Crippen molar-refractivity contribution in [2.75, 3.05) is 13.7 Å². The zero-order valence-electron chi connectivity index (χ0n) is 8.90. The van der Waals surface area contributed by atoms with E-state index in [1.807, 2.05) is 37.3 Å². The van der Waals surface area contributed by atoms with Crippen molar-refractivity contribution in [2.24, 2.45) is 0 Å². The SMILES string of the molecule is COC(=O)CN[C@H](C)c1ccccc1.Cl. The van der Waals surface area contributed by atoms with Crippen molar-refractivity contribution in [1.82, 2.24) is 5.32 Å². The molecule has 0 saturated carbocycles. The Morgan fingerprint density at radius 3 is 2.53 bits per heavy atom. The van der Waals surface area contributed by atoms with Gasteiger partial charge >= 0.3 is 5.97 Å². The first-order valence-electron chi connectivity index (χ1n) is 4.59. The largest absolute Gasteiger partial charge is 0.468 e. The van der Waals surface area contributed by atoms with Crippen LogP contribution in [0.3, 0.4) is 0 Å². The Hall–Kier alpha value is -1.06. The molecule has 0 aromatic heterocycles. The fraction of sp³-hybridized carbons (Fsp3) is 0.364. The quantitative estimate of drug-likeness (QED) is 0.802. The van der Waals surface area contributed by atoms with Gasteiger partial charge in [-0.05, 0) is 12.5 Å². The highest BCUT2D eigenvalue weighted by atomic mass is 35.5. The van der Waals surface area contributed by atoms with Crippen LogP contribution in [0.4, 0.5) is 0 Å². The van der Waals surface area contributed by atoms with E-state index in [0.717, 1.165) is 5.56 Å². The molecular formula is C11H16ClNO2. The van der Waals surface area contributed by atoms with Gasteiger partial charge in [-0.1, -0.05) is 30.3 Å². The fourth-order valence-electron chi connectivity index (χ4n) is 1.17. The van der Waals surface area contributed by atoms with Crippen molar-refractivity contribution >= 4 is 18.4 Å². The first-order chi connectivity index (χ1) is 6.74. The number of benzene rings is 1. The van der Waals surface area contributed by atoms with Crippen molar-refractivity contribution in [3.8, 4) is 0 Å². The van der Waals surface area contributed by atoms with Crippen LogP contribution >= 0.6 is 12.4 Å². The Kier molecular flexibility index (Phi) is 6.75. The summed E-state index contributed by atoms with van der Waals surface area (Å²) in [5.41, 5.74) is 1.16. The summed E-state index contributed by atoms with van der Waals surface area (Å²) >= 11 is 0. The number of ether oxygens (including phenoxy) is 1. The second-order valence-electron chi connectivity index (χ2n) is 3.09. The van der Waals surface area contributed by atoms with Crippen LogP contribution < -0.4 is 5.32 Å². The maximum atomic E-state index is 10.9. The molecule has 0 saturated heterocycles. The summed E-state index contributed by atoms with van der Waals surface area (Å²) < 4.78 is 4.54. The molecule has 0 heterocycles. The summed E-state index contributed by atoms with van der Waals surface area (Å²) in [6, 6.07) is 10.1. The molecule has 1 atom stereocenters. The molecule has 1 rings (SSSR count). The third-order valence-corrected chi connectivity index (χ3v) is 2.08. The first-order valence-corrected chi connectivity index (χ1v) is 4.59. The van der Waals surface area contributed by atoms with Crippen LogP contribution in [0.25, 0.3) is 0 Å². The second kappa shape index (κ2) is 7.26. The second-order valence-corrected chi connectivity index (χ2v) is 3.09. The van der Waals surface area contributed by atoms with Crippen molar-refractivity contribution in [3.63, 3.8) is 0 Å². The number of carbonyl (C=O) groups excluding carboxylic acids is 1. The minimum Gasteiger partial charge on any atom is -0.468 e. The number of halogens is 1. The van der Waals surface area contributed by atoms with Gasteiger partial charge in [-0.2, -0.15) is 0 Å². The summed E-state index contributed by atoms with van der Waals surface area (Å²) in [7, 11) is 1.39. The smallest absolute Gasteiger partial charge is 0.319 e. The number of carbonyl (C=O) groups is 1. The average molecular weight is 230 g/mol. The molecule has 15 heavy (non-hydrogen) atoms. The van der Waals surface area contributed by atoms with Gasteiger partial charge in [-0.25, -0.2) is 0 Å². The van der Waals surface area contributed by atoms with Gasteiger partial charge in [-0.15, -0.1) is 12.4 Å². The Morgan fingerprint density at radius 1 is 1.40 bits per heavy atom. The monoisotopic (exact) mass is 229 g/mol. The fourth-order valence-corrected chi connectivity index (χ4v) is 1.17. The summed E-state index contributed by atoms with van der Waals surface area (Å²) in [6.45, 7) is 2.25. The Bertz CT molecular complexity index is 290. The Balaban J connectivity index is 0.00000196. The first kappa shape index (κ1) is 13.9. The lowest BCUT2D eigenvalue weighted by Gasteiger charge is -2.12. The predicted molar refractivity (Wildman–Crippen MR) is 62.1 cm³/mol. The molecule has 1 aromatic rings. The normalized spacial score (nSPS) is 11.3. The number of nitrogens with one attached hydrogen (secondary N) is 1. The molecule has 0 fully saturated rings. The minimum atomic E-state index is -0.243. The van der Waals surface area contributed by atoms with Crippen LogP contribution in [0.1, 0.15) is 18.5 Å². The van der Waals surface area contributed by atoms with Crippen LogP contribution in [-0.4, -0.2) is 19.6 Å². The van der Waals surface area contributed by atoms with Gasteiger partial charge in [0.15, 0.2) is 0 Å². The number of hydrogen-bond acceptors (Lipinski definition) is 3. The van der Waals surface area contributed by atoms with E-state index in [0.29, 0.717) is 0 Å². The topological polar surface area (TPSA) is 38.3 Å². The van der Waals surface area contributed by atoms with Gasteiger partial charge in [0.25, 0.3) is 0 Å². The molecule has 0 spiro atoms. The van der Waals surface area contributed by atoms with Gasteiger partial charge in [0.05, 0.1) is 13.7 Å². The molecule has 4 heteroatoms. The standard InChI is InChI=1S/C11H15NO2.ClH/c1-9(12-8-11(13)14-2)10-6-4-3-5-7-10;/h3-7,9,12H,8H2,1-2H3;1H/t9-;/m1./s1. The van der Waals surface area contributed by atoms with E-state index >= 15 is 0 Å². The van der Waals surface area contributed by atoms with Crippen molar-refractivity contribution < 1.29 is 9.53 Å². The summed E-state index contributed by atoms with van der Waals surface area (Å²) in [4.78, 5) is 10.9. The van der Waals surface area contributed by atoms with Gasteiger partial charge in [0.1, 0.15) is 0 Å². The van der Waals surface area contributed by atoms with Gasteiger partial charge in [0.2, 0.25) is 0 Å². The molecular weight excluding hydrogens is 214 g/mol. The Labute approximate surface area is 96.2 Å². The molecule has 3 nitrogen and oxygen atoms in total. The molecule has 0 aliphatic carbocycles. The van der Waals surface area contributed by atoms with E-state index in [2.05, 4.69) is 10.1 Å². The number of hydrogen-bond donors (Lipinski definition) is 1. The van der Waals surface area contributed by atoms with Gasteiger partial charge < -0.3 is 10.1 Å². The third kappa shape index (κ3) is 4.81. The van der Waals surface area contributed by atoms with Gasteiger partial charge in [-0.3, -0.25) is 4.79 Å². The number of rotatable bonds is 4. The average Bonchev–Trinajstić information content (AvgIpc) is 2.26. The molecule has 0 unspecified atom stereocenters. The van der Waals surface area contributed by atoms with E-state index in [-0.39, 0.29) is 31.0 Å². The van der Waals surface area contributed by atoms with Crippen LogP contribution in [0.2, 0.25) is 0 Å². The summed E-state index contributed by atoms with van der Waals surface area (Å²) in [5.74, 6) is -0.243. The predicted octanol–water partition coefficient (Wildman–Crippen LogP) is 1.93. The molecule has 0 amide bonds. The van der Waals surface area contributed by atoms with Crippen molar-refractivity contribution in [2.45, 2.75) is 13.0 Å². The zero-order valence-corrected chi connectivity index (χ0v) is 9.71. The minimum absolute atomic E-state index is 0. The maximum Gasteiger partial charge on any atom is 0.319 e. The Morgan fingerprint density at radius 2 is 2.00 bits per heavy atom. The molecule has 1 aromatic carbocycles. The molecule has 1 N–H and O–H groups in total. The molecule has 0 aliphatic heterocycles. The van der Waals surface area contributed by atoms with Crippen molar-refractivity contribution in [1.29, 1.82) is 0 Å². The van der Waals surface area contributed by atoms with Crippen molar-refractivity contribution in [3.05, 3.63) is 35.9 Å². The highest BCUT2D eigenvalue weighted by Gasteiger charge is 2.06. The lowest BCUT2D eigenvalue weighted by atomic mass is 10.1. The third-order valence-electron chi connectivity index (χ3n) is 2.08. The van der Waals surface area contributed by atoms with Crippen LogP contribution in [0.5, 0.6) is 0 Å². The van der Waals surface area contributed by atoms with Crippen LogP contribution in [-0.2, 0) is 9.53 Å². The summed E-state index contributed by atoms with van der Waals surface area (Å²) in [5, 5.41) is 3.08. The number of methoxy groups -OCH3 is 1. The van der Waals surface area contributed by atoms with E-state index in [4.69, 9.17) is 0 Å².